The van der Waals surface area contributed by atoms with Crippen molar-refractivity contribution in [2.45, 2.75) is 30.0 Å². The molecule has 0 amide bonds. The summed E-state index contributed by atoms with van der Waals surface area (Å²) in [6, 6.07) is 0. The van der Waals surface area contributed by atoms with Gasteiger partial charge in [0.15, 0.2) is 0 Å². The number of hydrogen-bond donors (Lipinski definition) is 0. The number of hydrogen-bond acceptors (Lipinski definition) is 0. The number of halogens is 2. The van der Waals surface area contributed by atoms with E-state index in [1.54, 1.807) is 0 Å². The first kappa shape index (κ1) is 6.47. The third-order valence-electron chi connectivity index (χ3n) is 4.05. The lowest BCUT2D eigenvalue weighted by Gasteiger charge is -2.00. The summed E-state index contributed by atoms with van der Waals surface area (Å²) in [7, 11) is 0. The molecule has 0 aromatic heterocycles. The van der Waals surface area contributed by atoms with Gasteiger partial charge in [0, 0.05) is 9.65 Å². The van der Waals surface area contributed by atoms with Gasteiger partial charge < -0.3 is 0 Å². The topological polar surface area (TPSA) is 0 Å². The predicted molar refractivity (Wildman–Crippen MR) is 48.8 cm³/mol. The SMILES string of the molecule is BrCC1(Br)C2(CC2)C12CC2. The molecule has 3 saturated carbocycles. The van der Waals surface area contributed by atoms with Gasteiger partial charge in [-0.05, 0) is 36.5 Å². The molecule has 2 spiro atoms. The molecule has 56 valence electrons. The molecule has 0 radical (unpaired) electrons. The van der Waals surface area contributed by atoms with Crippen molar-refractivity contribution >= 4 is 31.9 Å². The van der Waals surface area contributed by atoms with Crippen molar-refractivity contribution in [3.63, 3.8) is 0 Å². The van der Waals surface area contributed by atoms with Crippen molar-refractivity contribution in [3.05, 3.63) is 0 Å². The van der Waals surface area contributed by atoms with Crippen molar-refractivity contribution in [3.8, 4) is 0 Å². The molecule has 3 fully saturated rings. The molecule has 0 aliphatic heterocycles. The van der Waals surface area contributed by atoms with E-state index in [9.17, 15) is 0 Å². The van der Waals surface area contributed by atoms with Crippen LogP contribution in [0.1, 0.15) is 25.7 Å². The molecule has 0 bridgehead atoms. The van der Waals surface area contributed by atoms with Gasteiger partial charge in [0.25, 0.3) is 0 Å². The number of rotatable bonds is 1. The van der Waals surface area contributed by atoms with Gasteiger partial charge in [-0.1, -0.05) is 31.9 Å². The molecular formula is C8H10Br2. The first-order valence-electron chi connectivity index (χ1n) is 3.97. The van der Waals surface area contributed by atoms with Crippen LogP contribution in [-0.2, 0) is 0 Å². The Hall–Kier alpha value is 0.960. The molecule has 0 N–H and O–H groups in total. The van der Waals surface area contributed by atoms with Gasteiger partial charge in [-0.25, -0.2) is 0 Å². The van der Waals surface area contributed by atoms with Crippen LogP contribution in [0.4, 0.5) is 0 Å². The minimum atomic E-state index is 0.535. The fraction of sp³-hybridized carbons (Fsp3) is 1.00. The Morgan fingerprint density at radius 3 is 1.50 bits per heavy atom. The van der Waals surface area contributed by atoms with Crippen LogP contribution in [0.3, 0.4) is 0 Å². The summed E-state index contributed by atoms with van der Waals surface area (Å²) in [5.74, 6) is 0. The average molecular weight is 266 g/mol. The zero-order chi connectivity index (χ0) is 7.04. The van der Waals surface area contributed by atoms with Crippen molar-refractivity contribution < 1.29 is 0 Å². The summed E-state index contributed by atoms with van der Waals surface area (Å²) in [4.78, 5) is 0. The van der Waals surface area contributed by atoms with E-state index in [-0.39, 0.29) is 0 Å². The number of fused-ring (bicyclic) bond motifs is 1. The van der Waals surface area contributed by atoms with Gasteiger partial charge in [0.2, 0.25) is 0 Å². The van der Waals surface area contributed by atoms with Crippen LogP contribution in [0.25, 0.3) is 0 Å². The summed E-state index contributed by atoms with van der Waals surface area (Å²) < 4.78 is 0.535. The zero-order valence-corrected chi connectivity index (χ0v) is 8.96. The third-order valence-corrected chi connectivity index (χ3v) is 7.45. The minimum Gasteiger partial charge on any atom is -0.0912 e. The Bertz CT molecular complexity index is 183. The summed E-state index contributed by atoms with van der Waals surface area (Å²) in [5.41, 5.74) is 1.56. The highest BCUT2D eigenvalue weighted by Gasteiger charge is 2.93. The maximum absolute atomic E-state index is 3.91. The Morgan fingerprint density at radius 2 is 1.40 bits per heavy atom. The van der Waals surface area contributed by atoms with E-state index >= 15 is 0 Å². The highest BCUT2D eigenvalue weighted by molar-refractivity contribution is 9.12. The summed E-state index contributed by atoms with van der Waals surface area (Å²) >= 11 is 7.53. The quantitative estimate of drug-likeness (QED) is 0.640. The van der Waals surface area contributed by atoms with Crippen molar-refractivity contribution in [2.75, 3.05) is 5.33 Å². The Balaban J connectivity index is 2.02. The molecule has 10 heavy (non-hydrogen) atoms. The molecule has 0 saturated heterocycles. The molecular weight excluding hydrogens is 256 g/mol. The van der Waals surface area contributed by atoms with Crippen LogP contribution in [0.5, 0.6) is 0 Å². The molecule has 0 aromatic carbocycles. The summed E-state index contributed by atoms with van der Waals surface area (Å²) in [6.45, 7) is 0. The highest BCUT2D eigenvalue weighted by Crippen LogP contribution is 2.97. The molecule has 0 heterocycles. The van der Waals surface area contributed by atoms with E-state index in [0.29, 0.717) is 4.32 Å². The largest absolute Gasteiger partial charge is 0.0912 e. The molecule has 3 rings (SSSR count). The van der Waals surface area contributed by atoms with Crippen LogP contribution >= 0.6 is 31.9 Å². The van der Waals surface area contributed by atoms with Gasteiger partial charge in [-0.2, -0.15) is 0 Å². The first-order valence-corrected chi connectivity index (χ1v) is 5.89. The molecule has 0 nitrogen and oxygen atoms in total. The maximum Gasteiger partial charge on any atom is 0.0478 e. The van der Waals surface area contributed by atoms with E-state index in [1.165, 1.54) is 31.0 Å². The van der Waals surface area contributed by atoms with Gasteiger partial charge in [0.05, 0.1) is 0 Å². The normalized spacial score (nSPS) is 49.8. The molecule has 2 heteroatoms. The number of alkyl halides is 2. The van der Waals surface area contributed by atoms with Crippen molar-refractivity contribution in [1.82, 2.24) is 0 Å². The lowest BCUT2D eigenvalue weighted by molar-refractivity contribution is 0.716. The highest BCUT2D eigenvalue weighted by atomic mass is 79.9. The van der Waals surface area contributed by atoms with Crippen LogP contribution < -0.4 is 0 Å². The monoisotopic (exact) mass is 264 g/mol. The van der Waals surface area contributed by atoms with E-state index in [4.69, 9.17) is 0 Å². The van der Waals surface area contributed by atoms with E-state index < -0.39 is 0 Å². The lowest BCUT2D eigenvalue weighted by Crippen LogP contribution is -2.04. The second kappa shape index (κ2) is 1.39. The van der Waals surface area contributed by atoms with Gasteiger partial charge in [-0.15, -0.1) is 0 Å². The Labute approximate surface area is 78.0 Å². The standard InChI is InChI=1S/C8H10Br2/c9-5-8(10)6(1-2-6)7(8)3-4-7/h1-5H2. The third kappa shape index (κ3) is 0.374. The molecule has 0 aromatic rings. The molecule has 0 unspecified atom stereocenters. The summed E-state index contributed by atoms with van der Waals surface area (Å²) in [5, 5.41) is 1.17. The predicted octanol–water partition coefficient (Wildman–Crippen LogP) is 3.09. The van der Waals surface area contributed by atoms with Crippen LogP contribution in [0, 0.1) is 10.8 Å². The van der Waals surface area contributed by atoms with Crippen LogP contribution in [0.2, 0.25) is 0 Å². The van der Waals surface area contributed by atoms with Gasteiger partial charge in [0.1, 0.15) is 0 Å². The Kier molecular flexibility index (Phi) is 0.902. The van der Waals surface area contributed by atoms with E-state index in [0.717, 1.165) is 10.8 Å². The molecule has 3 aliphatic carbocycles. The van der Waals surface area contributed by atoms with Gasteiger partial charge in [-0.3, -0.25) is 0 Å². The Morgan fingerprint density at radius 1 is 1.00 bits per heavy atom. The van der Waals surface area contributed by atoms with Crippen LogP contribution in [-0.4, -0.2) is 9.65 Å². The molecule has 0 atom stereocenters. The second-order valence-electron chi connectivity index (χ2n) is 4.10. The van der Waals surface area contributed by atoms with Crippen molar-refractivity contribution in [1.29, 1.82) is 0 Å². The van der Waals surface area contributed by atoms with Gasteiger partial charge >= 0.3 is 0 Å². The first-order chi connectivity index (χ1) is 4.72. The maximum atomic E-state index is 3.91. The lowest BCUT2D eigenvalue weighted by atomic mass is 10.3. The van der Waals surface area contributed by atoms with Crippen molar-refractivity contribution in [2.24, 2.45) is 10.8 Å². The van der Waals surface area contributed by atoms with Crippen LogP contribution in [0.15, 0.2) is 0 Å². The van der Waals surface area contributed by atoms with E-state index in [2.05, 4.69) is 31.9 Å². The smallest absolute Gasteiger partial charge is 0.0478 e. The van der Waals surface area contributed by atoms with E-state index in [1.807, 2.05) is 0 Å². The molecule has 3 aliphatic rings. The fourth-order valence-corrected chi connectivity index (χ4v) is 5.66. The average Bonchev–Trinajstić information content (AvgIpc) is 2.76. The minimum absolute atomic E-state index is 0.535. The fourth-order valence-electron chi connectivity index (χ4n) is 3.13. The zero-order valence-electron chi connectivity index (χ0n) is 5.79. The second-order valence-corrected chi connectivity index (χ2v) is 6.01. The summed E-state index contributed by atoms with van der Waals surface area (Å²) in [6.07, 6.45) is 5.96.